The second-order valence-corrected chi connectivity index (χ2v) is 6.61. The summed E-state index contributed by atoms with van der Waals surface area (Å²) in [7, 11) is 0. The maximum Gasteiger partial charge on any atom is 0.239 e. The molecule has 1 saturated carbocycles. The molecule has 0 unspecified atom stereocenters. The summed E-state index contributed by atoms with van der Waals surface area (Å²) in [5.41, 5.74) is 2.54. The summed E-state index contributed by atoms with van der Waals surface area (Å²) >= 11 is 0. The minimum absolute atomic E-state index is 0.000154. The Hall–Kier alpha value is -2.04. The van der Waals surface area contributed by atoms with E-state index in [4.69, 9.17) is 0 Å². The van der Waals surface area contributed by atoms with Gasteiger partial charge in [0.1, 0.15) is 0 Å². The van der Waals surface area contributed by atoms with Crippen LogP contribution in [0.1, 0.15) is 45.1 Å². The minimum Gasteiger partial charge on any atom is -0.374 e. The minimum atomic E-state index is -0.127. The van der Waals surface area contributed by atoms with Gasteiger partial charge in [0.05, 0.1) is 17.9 Å². The van der Waals surface area contributed by atoms with Crippen molar-refractivity contribution in [3.8, 4) is 0 Å². The van der Waals surface area contributed by atoms with E-state index in [9.17, 15) is 9.59 Å². The third-order valence-electron chi connectivity index (χ3n) is 4.31. The van der Waals surface area contributed by atoms with Gasteiger partial charge < -0.3 is 16.0 Å². The summed E-state index contributed by atoms with van der Waals surface area (Å²) in [5.74, 6) is 0.645. The first kappa shape index (κ1) is 17.3. The normalized spacial score (nSPS) is 20.7. The molecular formula is C18H27N3O2. The van der Waals surface area contributed by atoms with Gasteiger partial charge in [0.2, 0.25) is 11.8 Å². The molecule has 1 fully saturated rings. The van der Waals surface area contributed by atoms with Gasteiger partial charge in [-0.3, -0.25) is 9.59 Å². The fourth-order valence-corrected chi connectivity index (χ4v) is 2.96. The average molecular weight is 317 g/mol. The second-order valence-electron chi connectivity index (χ2n) is 6.61. The van der Waals surface area contributed by atoms with E-state index < -0.39 is 0 Å². The molecule has 5 nitrogen and oxygen atoms in total. The van der Waals surface area contributed by atoms with Crippen LogP contribution in [0.4, 0.5) is 11.4 Å². The van der Waals surface area contributed by atoms with E-state index in [1.54, 1.807) is 0 Å². The Morgan fingerprint density at radius 1 is 1.13 bits per heavy atom. The number of rotatable bonds is 5. The van der Waals surface area contributed by atoms with Crippen molar-refractivity contribution in [2.24, 2.45) is 5.92 Å². The highest BCUT2D eigenvalue weighted by molar-refractivity contribution is 5.93. The van der Waals surface area contributed by atoms with Crippen LogP contribution in [0, 0.1) is 12.8 Å². The number of nitrogens with one attached hydrogen (secondary N) is 3. The molecule has 1 aromatic carbocycles. The van der Waals surface area contributed by atoms with Crippen LogP contribution in [-0.4, -0.2) is 24.4 Å². The lowest BCUT2D eigenvalue weighted by molar-refractivity contribution is -0.120. The van der Waals surface area contributed by atoms with Crippen molar-refractivity contribution in [2.45, 2.75) is 52.5 Å². The monoisotopic (exact) mass is 317 g/mol. The molecule has 0 heterocycles. The molecular weight excluding hydrogens is 290 g/mol. The standard InChI is InChI=1S/C18H27N3O2/c1-12-4-7-15(8-5-12)21-18(23)11-19-17-10-13(2)6-9-16(17)20-14(3)22/h6,9-10,12,15,19H,4-5,7-8,11H2,1-3H3,(H,20,22)(H,21,23). The van der Waals surface area contributed by atoms with E-state index in [0.717, 1.165) is 30.0 Å². The molecule has 0 radical (unpaired) electrons. The Morgan fingerprint density at radius 3 is 2.48 bits per heavy atom. The molecule has 1 aromatic rings. The Kier molecular flexibility index (Phi) is 6.02. The summed E-state index contributed by atoms with van der Waals surface area (Å²) in [4.78, 5) is 23.4. The van der Waals surface area contributed by atoms with E-state index in [-0.39, 0.29) is 18.4 Å². The van der Waals surface area contributed by atoms with Gasteiger partial charge in [-0.15, -0.1) is 0 Å². The van der Waals surface area contributed by atoms with Crippen molar-refractivity contribution in [1.82, 2.24) is 5.32 Å². The number of anilines is 2. The zero-order valence-electron chi connectivity index (χ0n) is 14.2. The van der Waals surface area contributed by atoms with Crippen molar-refractivity contribution in [2.75, 3.05) is 17.2 Å². The number of amides is 2. The second kappa shape index (κ2) is 7.99. The van der Waals surface area contributed by atoms with Crippen molar-refractivity contribution < 1.29 is 9.59 Å². The van der Waals surface area contributed by atoms with Crippen LogP contribution in [-0.2, 0) is 9.59 Å². The first-order chi connectivity index (χ1) is 10.9. The number of hydrogen-bond donors (Lipinski definition) is 3. The van der Waals surface area contributed by atoms with Crippen LogP contribution in [0.25, 0.3) is 0 Å². The number of carbonyl (C=O) groups is 2. The highest BCUT2D eigenvalue weighted by Gasteiger charge is 2.19. The van der Waals surface area contributed by atoms with Crippen LogP contribution in [0.3, 0.4) is 0 Å². The maximum absolute atomic E-state index is 12.1. The largest absolute Gasteiger partial charge is 0.374 e. The third-order valence-corrected chi connectivity index (χ3v) is 4.31. The number of aryl methyl sites for hydroxylation is 1. The molecule has 2 rings (SSSR count). The number of carbonyl (C=O) groups excluding carboxylic acids is 2. The predicted octanol–water partition coefficient (Wildman–Crippen LogP) is 3.06. The molecule has 1 aliphatic carbocycles. The van der Waals surface area contributed by atoms with Crippen LogP contribution < -0.4 is 16.0 Å². The zero-order chi connectivity index (χ0) is 16.8. The summed E-state index contributed by atoms with van der Waals surface area (Å²) in [6.45, 7) is 5.93. The molecule has 0 spiro atoms. The average Bonchev–Trinajstić information content (AvgIpc) is 2.49. The Morgan fingerprint density at radius 2 is 1.83 bits per heavy atom. The summed E-state index contributed by atoms with van der Waals surface area (Å²) < 4.78 is 0. The first-order valence-corrected chi connectivity index (χ1v) is 8.35. The number of hydrogen-bond acceptors (Lipinski definition) is 3. The van der Waals surface area contributed by atoms with E-state index in [2.05, 4.69) is 22.9 Å². The molecule has 5 heteroatoms. The molecule has 1 aliphatic rings. The Labute approximate surface area is 138 Å². The van der Waals surface area contributed by atoms with Crippen molar-refractivity contribution in [3.63, 3.8) is 0 Å². The Bertz CT molecular complexity index is 563. The third kappa shape index (κ3) is 5.58. The van der Waals surface area contributed by atoms with Crippen LogP contribution in [0.15, 0.2) is 18.2 Å². The van der Waals surface area contributed by atoms with E-state index in [1.807, 2.05) is 25.1 Å². The van der Waals surface area contributed by atoms with Crippen LogP contribution >= 0.6 is 0 Å². The van der Waals surface area contributed by atoms with Gasteiger partial charge in [-0.1, -0.05) is 13.0 Å². The van der Waals surface area contributed by atoms with Crippen molar-refractivity contribution in [1.29, 1.82) is 0 Å². The highest BCUT2D eigenvalue weighted by Crippen LogP contribution is 2.24. The van der Waals surface area contributed by atoms with E-state index in [1.165, 1.54) is 19.8 Å². The number of benzene rings is 1. The molecule has 0 aliphatic heterocycles. The van der Waals surface area contributed by atoms with E-state index in [0.29, 0.717) is 11.7 Å². The van der Waals surface area contributed by atoms with Crippen molar-refractivity contribution in [3.05, 3.63) is 23.8 Å². The molecule has 0 aromatic heterocycles. The fraction of sp³-hybridized carbons (Fsp3) is 0.556. The lowest BCUT2D eigenvalue weighted by Gasteiger charge is -2.27. The SMILES string of the molecule is CC(=O)Nc1ccc(C)cc1NCC(=O)NC1CCC(C)CC1. The molecule has 3 N–H and O–H groups in total. The molecule has 0 bridgehead atoms. The molecule has 0 atom stereocenters. The topological polar surface area (TPSA) is 70.2 Å². The van der Waals surface area contributed by atoms with Gasteiger partial charge in [-0.05, 0) is 56.2 Å². The van der Waals surface area contributed by atoms with Gasteiger partial charge in [-0.2, -0.15) is 0 Å². The van der Waals surface area contributed by atoms with Gasteiger partial charge in [-0.25, -0.2) is 0 Å². The predicted molar refractivity (Wildman–Crippen MR) is 93.5 cm³/mol. The van der Waals surface area contributed by atoms with Gasteiger partial charge in [0, 0.05) is 13.0 Å². The zero-order valence-corrected chi connectivity index (χ0v) is 14.2. The lowest BCUT2D eigenvalue weighted by atomic mass is 9.87. The summed E-state index contributed by atoms with van der Waals surface area (Å²) in [5, 5.41) is 9.00. The van der Waals surface area contributed by atoms with Gasteiger partial charge >= 0.3 is 0 Å². The van der Waals surface area contributed by atoms with Gasteiger partial charge in [0.15, 0.2) is 0 Å². The first-order valence-electron chi connectivity index (χ1n) is 8.35. The van der Waals surface area contributed by atoms with E-state index >= 15 is 0 Å². The molecule has 2 amide bonds. The Balaban J connectivity index is 1.88. The summed E-state index contributed by atoms with van der Waals surface area (Å²) in [6.07, 6.45) is 4.49. The summed E-state index contributed by atoms with van der Waals surface area (Å²) in [6, 6.07) is 6.01. The smallest absolute Gasteiger partial charge is 0.239 e. The maximum atomic E-state index is 12.1. The molecule has 126 valence electrons. The molecule has 0 saturated heterocycles. The fourth-order valence-electron chi connectivity index (χ4n) is 2.96. The molecule has 23 heavy (non-hydrogen) atoms. The van der Waals surface area contributed by atoms with Crippen LogP contribution in [0.2, 0.25) is 0 Å². The quantitative estimate of drug-likeness (QED) is 0.781. The van der Waals surface area contributed by atoms with Crippen molar-refractivity contribution >= 4 is 23.2 Å². The van der Waals surface area contributed by atoms with Crippen LogP contribution in [0.5, 0.6) is 0 Å². The van der Waals surface area contributed by atoms with Gasteiger partial charge in [0.25, 0.3) is 0 Å². The highest BCUT2D eigenvalue weighted by atomic mass is 16.2. The lowest BCUT2D eigenvalue weighted by Crippen LogP contribution is -2.40.